The Labute approximate surface area is 165 Å². The van der Waals surface area contributed by atoms with Crippen LogP contribution < -0.4 is 4.74 Å². The normalized spacial score (nSPS) is 10.4. The molecule has 29 heavy (non-hydrogen) atoms. The molecule has 0 spiro atoms. The lowest BCUT2D eigenvalue weighted by molar-refractivity contribution is -0.133. The van der Waals surface area contributed by atoms with Crippen LogP contribution in [0, 0.1) is 0 Å². The molecule has 0 aromatic heterocycles. The highest BCUT2D eigenvalue weighted by atomic mass is 19.3. The predicted molar refractivity (Wildman–Crippen MR) is 97.6 cm³/mol. The zero-order valence-electron chi connectivity index (χ0n) is 15.8. The van der Waals surface area contributed by atoms with Crippen molar-refractivity contribution in [2.24, 2.45) is 0 Å². The zero-order valence-corrected chi connectivity index (χ0v) is 15.8. The van der Waals surface area contributed by atoms with E-state index in [4.69, 9.17) is 4.74 Å². The number of rotatable bonds is 8. The fourth-order valence-corrected chi connectivity index (χ4v) is 2.40. The molecule has 0 saturated heterocycles. The minimum absolute atomic E-state index is 0.00979. The van der Waals surface area contributed by atoms with Crippen LogP contribution in [-0.2, 0) is 20.8 Å². The summed E-state index contributed by atoms with van der Waals surface area (Å²) in [5.41, 5.74) is 0.696. The summed E-state index contributed by atoms with van der Waals surface area (Å²) in [5, 5.41) is 0. The first kappa shape index (κ1) is 21.8. The van der Waals surface area contributed by atoms with Crippen LogP contribution in [0.1, 0.15) is 26.3 Å². The SMILES string of the molecule is COC(=O)c1ccccc1C(=O)OCC(=O)N(C)Cc1ccc(OC(F)F)cc1. The van der Waals surface area contributed by atoms with Crippen molar-refractivity contribution in [2.45, 2.75) is 13.2 Å². The van der Waals surface area contributed by atoms with Gasteiger partial charge in [0, 0.05) is 13.6 Å². The molecule has 0 bridgehead atoms. The molecule has 2 rings (SSSR count). The second-order valence-electron chi connectivity index (χ2n) is 5.89. The number of methoxy groups -OCH3 is 1. The van der Waals surface area contributed by atoms with E-state index in [1.54, 1.807) is 24.3 Å². The monoisotopic (exact) mass is 407 g/mol. The number of nitrogens with zero attached hydrogens (tertiary/aromatic N) is 1. The Balaban J connectivity index is 1.92. The van der Waals surface area contributed by atoms with Crippen molar-refractivity contribution < 1.29 is 37.4 Å². The molecular weight excluding hydrogens is 388 g/mol. The molecule has 1 amide bonds. The van der Waals surface area contributed by atoms with Crippen LogP contribution in [0.4, 0.5) is 8.78 Å². The smallest absolute Gasteiger partial charge is 0.387 e. The van der Waals surface area contributed by atoms with Crippen molar-refractivity contribution in [2.75, 3.05) is 20.8 Å². The first-order valence-electron chi connectivity index (χ1n) is 8.44. The van der Waals surface area contributed by atoms with Crippen molar-refractivity contribution in [3.8, 4) is 5.75 Å². The second-order valence-corrected chi connectivity index (χ2v) is 5.89. The van der Waals surface area contributed by atoms with Crippen molar-refractivity contribution >= 4 is 17.8 Å². The van der Waals surface area contributed by atoms with Crippen LogP contribution in [0.5, 0.6) is 5.75 Å². The lowest BCUT2D eigenvalue weighted by atomic mass is 10.1. The third kappa shape index (κ3) is 6.27. The van der Waals surface area contributed by atoms with Crippen LogP contribution >= 0.6 is 0 Å². The summed E-state index contributed by atoms with van der Waals surface area (Å²) >= 11 is 0. The predicted octanol–water partition coefficient (Wildman–Crippen LogP) is 2.89. The molecule has 0 heterocycles. The van der Waals surface area contributed by atoms with E-state index < -0.39 is 31.1 Å². The molecule has 0 aliphatic rings. The minimum atomic E-state index is -2.91. The van der Waals surface area contributed by atoms with Crippen LogP contribution in [0.3, 0.4) is 0 Å². The highest BCUT2D eigenvalue weighted by molar-refractivity contribution is 6.03. The molecule has 2 aromatic carbocycles. The van der Waals surface area contributed by atoms with Crippen molar-refractivity contribution in [1.82, 2.24) is 4.90 Å². The van der Waals surface area contributed by atoms with E-state index in [0.29, 0.717) is 5.56 Å². The number of carbonyl (C=O) groups is 3. The average molecular weight is 407 g/mol. The summed E-state index contributed by atoms with van der Waals surface area (Å²) in [7, 11) is 2.69. The van der Waals surface area contributed by atoms with Crippen LogP contribution in [0.25, 0.3) is 0 Å². The van der Waals surface area contributed by atoms with Gasteiger partial charge in [-0.25, -0.2) is 9.59 Å². The van der Waals surface area contributed by atoms with Gasteiger partial charge in [0.1, 0.15) is 5.75 Å². The number of amides is 1. The molecule has 154 valence electrons. The van der Waals surface area contributed by atoms with E-state index in [-0.39, 0.29) is 23.4 Å². The van der Waals surface area contributed by atoms with Gasteiger partial charge in [-0.2, -0.15) is 8.78 Å². The van der Waals surface area contributed by atoms with Gasteiger partial charge in [-0.3, -0.25) is 4.79 Å². The Bertz CT molecular complexity index is 870. The fraction of sp³-hybridized carbons (Fsp3) is 0.250. The third-order valence-electron chi connectivity index (χ3n) is 3.87. The highest BCUT2D eigenvalue weighted by Gasteiger charge is 2.20. The molecule has 0 radical (unpaired) electrons. The minimum Gasteiger partial charge on any atom is -0.465 e. The van der Waals surface area contributed by atoms with Gasteiger partial charge in [0.05, 0.1) is 18.2 Å². The first-order valence-corrected chi connectivity index (χ1v) is 8.44. The van der Waals surface area contributed by atoms with Gasteiger partial charge in [-0.1, -0.05) is 24.3 Å². The quantitative estimate of drug-likeness (QED) is 0.626. The largest absolute Gasteiger partial charge is 0.465 e. The standard InChI is InChI=1S/C20H19F2NO6/c1-23(11-13-7-9-14(10-8-13)29-20(21)22)17(24)12-28-19(26)16-6-4-3-5-15(16)18(25)27-2/h3-10,20H,11-12H2,1-2H3. The summed E-state index contributed by atoms with van der Waals surface area (Å²) in [6.07, 6.45) is 0. The van der Waals surface area contributed by atoms with E-state index in [9.17, 15) is 23.2 Å². The van der Waals surface area contributed by atoms with Crippen molar-refractivity contribution in [1.29, 1.82) is 0 Å². The van der Waals surface area contributed by atoms with Crippen molar-refractivity contribution in [3.63, 3.8) is 0 Å². The number of alkyl halides is 2. The van der Waals surface area contributed by atoms with Gasteiger partial charge in [0.15, 0.2) is 6.61 Å². The summed E-state index contributed by atoms with van der Waals surface area (Å²) < 4.78 is 38.2. The average Bonchev–Trinajstić information content (AvgIpc) is 2.72. The van der Waals surface area contributed by atoms with E-state index in [1.807, 2.05) is 0 Å². The molecule has 0 aliphatic carbocycles. The molecule has 0 aliphatic heterocycles. The maximum atomic E-state index is 12.2. The number of hydrogen-bond donors (Lipinski definition) is 0. The lowest BCUT2D eigenvalue weighted by Crippen LogP contribution is -2.31. The number of halogens is 2. The Morgan fingerprint density at radius 2 is 1.55 bits per heavy atom. The maximum absolute atomic E-state index is 12.2. The third-order valence-corrected chi connectivity index (χ3v) is 3.87. The number of benzene rings is 2. The van der Waals surface area contributed by atoms with Gasteiger partial charge in [-0.05, 0) is 29.8 Å². The van der Waals surface area contributed by atoms with E-state index in [2.05, 4.69) is 9.47 Å². The van der Waals surface area contributed by atoms with E-state index >= 15 is 0 Å². The number of likely N-dealkylation sites (N-methyl/N-ethyl adjacent to an activating group) is 1. The topological polar surface area (TPSA) is 82.1 Å². The molecule has 0 unspecified atom stereocenters. The first-order chi connectivity index (χ1) is 13.8. The van der Waals surface area contributed by atoms with E-state index in [1.165, 1.54) is 43.3 Å². The summed E-state index contributed by atoms with van der Waals surface area (Å²) in [6, 6.07) is 11.7. The maximum Gasteiger partial charge on any atom is 0.387 e. The molecule has 7 nitrogen and oxygen atoms in total. The van der Waals surface area contributed by atoms with Gasteiger partial charge < -0.3 is 19.1 Å². The number of carbonyl (C=O) groups excluding carboxylic acids is 3. The molecule has 0 saturated carbocycles. The van der Waals surface area contributed by atoms with Gasteiger partial charge in [0.25, 0.3) is 5.91 Å². The Kier molecular flexibility index (Phi) is 7.64. The van der Waals surface area contributed by atoms with Crippen LogP contribution in [0.15, 0.2) is 48.5 Å². The second kappa shape index (κ2) is 10.2. The number of hydrogen-bond acceptors (Lipinski definition) is 6. The van der Waals surface area contributed by atoms with Gasteiger partial charge >= 0.3 is 18.6 Å². The fourth-order valence-electron chi connectivity index (χ4n) is 2.40. The number of esters is 2. The zero-order chi connectivity index (χ0) is 21.4. The lowest BCUT2D eigenvalue weighted by Gasteiger charge is -2.17. The summed E-state index contributed by atoms with van der Waals surface area (Å²) in [6.45, 7) is -3.27. The Hall–Kier alpha value is -3.49. The molecule has 0 N–H and O–H groups in total. The Morgan fingerprint density at radius 1 is 0.966 bits per heavy atom. The molecule has 0 atom stereocenters. The summed E-state index contributed by atoms with van der Waals surface area (Å²) in [4.78, 5) is 37.4. The van der Waals surface area contributed by atoms with Gasteiger partial charge in [-0.15, -0.1) is 0 Å². The molecule has 0 fully saturated rings. The highest BCUT2D eigenvalue weighted by Crippen LogP contribution is 2.16. The van der Waals surface area contributed by atoms with E-state index in [0.717, 1.165) is 0 Å². The van der Waals surface area contributed by atoms with Crippen molar-refractivity contribution in [3.05, 3.63) is 65.2 Å². The van der Waals surface area contributed by atoms with Gasteiger partial charge in [0.2, 0.25) is 0 Å². The van der Waals surface area contributed by atoms with Crippen LogP contribution in [0.2, 0.25) is 0 Å². The molecule has 2 aromatic rings. The molecular formula is C20H19F2NO6. The molecule has 9 heteroatoms. The Morgan fingerprint density at radius 3 is 2.10 bits per heavy atom. The number of ether oxygens (including phenoxy) is 3. The van der Waals surface area contributed by atoms with Crippen LogP contribution in [-0.4, -0.2) is 50.1 Å². The summed E-state index contributed by atoms with van der Waals surface area (Å²) in [5.74, 6) is -2.00.